The minimum Gasteiger partial charge on any atom is -0.339 e. The van der Waals surface area contributed by atoms with Gasteiger partial charge in [-0.3, -0.25) is 4.79 Å². The minimum atomic E-state index is -0.0184. The predicted molar refractivity (Wildman–Crippen MR) is 77.4 cm³/mol. The largest absolute Gasteiger partial charge is 0.339 e. The van der Waals surface area contributed by atoms with Crippen molar-refractivity contribution in [3.8, 4) is 0 Å². The molecule has 0 spiro atoms. The van der Waals surface area contributed by atoms with Crippen LogP contribution in [0.5, 0.6) is 0 Å². The predicted octanol–water partition coefficient (Wildman–Crippen LogP) is 0.248. The molecule has 0 aromatic carbocycles. The van der Waals surface area contributed by atoms with Crippen LogP contribution in [0.25, 0.3) is 0 Å². The Morgan fingerprint density at radius 3 is 2.45 bits per heavy atom. The number of piperidine rings is 1. The Morgan fingerprint density at radius 2 is 1.85 bits per heavy atom. The molecule has 0 aromatic heterocycles. The van der Waals surface area contributed by atoms with Crippen LogP contribution in [0, 0.1) is 5.92 Å². The molecule has 0 unspecified atom stereocenters. The summed E-state index contributed by atoms with van der Waals surface area (Å²) >= 11 is 0. The number of hydrogen-bond donors (Lipinski definition) is 2. The summed E-state index contributed by atoms with van der Waals surface area (Å²) in [6.07, 6.45) is 1.86. The lowest BCUT2D eigenvalue weighted by Gasteiger charge is -2.38. The third kappa shape index (κ3) is 3.62. The molecule has 2 aliphatic rings. The molecule has 0 radical (unpaired) electrons. The fraction of sp³-hybridized carbons (Fsp3) is 0.857. The van der Waals surface area contributed by atoms with Crippen molar-refractivity contribution in [1.82, 2.24) is 20.4 Å². The number of amides is 3. The maximum Gasteiger partial charge on any atom is 0.317 e. The maximum absolute atomic E-state index is 12.5. The van der Waals surface area contributed by atoms with Crippen LogP contribution in [0.3, 0.4) is 0 Å². The van der Waals surface area contributed by atoms with E-state index in [1.807, 2.05) is 11.8 Å². The standard InChI is InChI=1S/C14H26N4O2/c1-3-15-14(20)18-8-6-17(7-9-18)13(19)12-4-5-16-11(2)10-12/h11-12,16H,3-10H2,1-2H3,(H,15,20)/t11-,12-/m0/s1. The summed E-state index contributed by atoms with van der Waals surface area (Å²) in [6, 6.07) is 0.407. The van der Waals surface area contributed by atoms with E-state index in [4.69, 9.17) is 0 Å². The molecule has 6 nitrogen and oxygen atoms in total. The first-order valence-corrected chi connectivity index (χ1v) is 7.66. The summed E-state index contributed by atoms with van der Waals surface area (Å²) in [5.74, 6) is 0.427. The monoisotopic (exact) mass is 282 g/mol. The van der Waals surface area contributed by atoms with Gasteiger partial charge in [0.1, 0.15) is 0 Å². The van der Waals surface area contributed by atoms with Crippen molar-refractivity contribution in [2.75, 3.05) is 39.3 Å². The van der Waals surface area contributed by atoms with Crippen LogP contribution in [0.1, 0.15) is 26.7 Å². The highest BCUT2D eigenvalue weighted by Gasteiger charge is 2.31. The highest BCUT2D eigenvalue weighted by molar-refractivity contribution is 5.80. The highest BCUT2D eigenvalue weighted by atomic mass is 16.2. The van der Waals surface area contributed by atoms with Crippen LogP contribution < -0.4 is 10.6 Å². The lowest BCUT2D eigenvalue weighted by atomic mass is 9.92. The molecule has 2 rings (SSSR count). The van der Waals surface area contributed by atoms with E-state index in [0.717, 1.165) is 19.4 Å². The minimum absolute atomic E-state index is 0.0184. The molecule has 6 heteroatoms. The van der Waals surface area contributed by atoms with Crippen LogP contribution in [-0.2, 0) is 4.79 Å². The molecule has 3 amide bonds. The molecule has 0 saturated carbocycles. The zero-order valence-corrected chi connectivity index (χ0v) is 12.5. The number of carbonyl (C=O) groups excluding carboxylic acids is 2. The zero-order chi connectivity index (χ0) is 14.5. The molecule has 2 aliphatic heterocycles. The van der Waals surface area contributed by atoms with Crippen molar-refractivity contribution >= 4 is 11.9 Å². The lowest BCUT2D eigenvalue weighted by Crippen LogP contribution is -2.55. The molecule has 2 saturated heterocycles. The van der Waals surface area contributed by atoms with Crippen molar-refractivity contribution in [2.24, 2.45) is 5.92 Å². The van der Waals surface area contributed by atoms with Gasteiger partial charge < -0.3 is 20.4 Å². The summed E-state index contributed by atoms with van der Waals surface area (Å²) in [5, 5.41) is 6.18. The molecule has 0 aromatic rings. The molecule has 114 valence electrons. The molecule has 20 heavy (non-hydrogen) atoms. The highest BCUT2D eigenvalue weighted by Crippen LogP contribution is 2.19. The first kappa shape index (κ1) is 15.1. The van der Waals surface area contributed by atoms with E-state index in [0.29, 0.717) is 38.8 Å². The third-order valence-corrected chi connectivity index (χ3v) is 4.18. The average molecular weight is 282 g/mol. The first-order chi connectivity index (χ1) is 9.61. The molecular formula is C14H26N4O2. The Kier molecular flexibility index (Phi) is 5.23. The van der Waals surface area contributed by atoms with Gasteiger partial charge in [0.05, 0.1) is 0 Å². The van der Waals surface area contributed by atoms with Crippen LogP contribution in [0.15, 0.2) is 0 Å². The van der Waals surface area contributed by atoms with Gasteiger partial charge in [0.2, 0.25) is 5.91 Å². The van der Waals surface area contributed by atoms with Crippen molar-refractivity contribution in [3.63, 3.8) is 0 Å². The second-order valence-corrected chi connectivity index (χ2v) is 5.72. The Morgan fingerprint density at radius 1 is 1.20 bits per heavy atom. The van der Waals surface area contributed by atoms with E-state index in [1.165, 1.54) is 0 Å². The van der Waals surface area contributed by atoms with Crippen molar-refractivity contribution in [1.29, 1.82) is 0 Å². The van der Waals surface area contributed by atoms with Crippen LogP contribution in [0.4, 0.5) is 4.79 Å². The molecule has 0 aliphatic carbocycles. The number of hydrogen-bond acceptors (Lipinski definition) is 3. The SMILES string of the molecule is CCNC(=O)N1CCN(C(=O)[C@H]2CCN[C@@H](C)C2)CC1. The van der Waals surface area contributed by atoms with Gasteiger partial charge in [0.25, 0.3) is 0 Å². The van der Waals surface area contributed by atoms with Crippen molar-refractivity contribution < 1.29 is 9.59 Å². The van der Waals surface area contributed by atoms with Gasteiger partial charge in [-0.05, 0) is 33.2 Å². The zero-order valence-electron chi connectivity index (χ0n) is 12.5. The number of piperazine rings is 1. The summed E-state index contributed by atoms with van der Waals surface area (Å²) in [6.45, 7) is 8.21. The van der Waals surface area contributed by atoms with Crippen molar-refractivity contribution in [3.05, 3.63) is 0 Å². The number of rotatable bonds is 2. The molecule has 2 heterocycles. The van der Waals surface area contributed by atoms with Gasteiger partial charge in [0, 0.05) is 44.7 Å². The number of nitrogens with zero attached hydrogens (tertiary/aromatic N) is 2. The molecular weight excluding hydrogens is 256 g/mol. The van der Waals surface area contributed by atoms with E-state index in [-0.39, 0.29) is 17.9 Å². The maximum atomic E-state index is 12.5. The topological polar surface area (TPSA) is 64.7 Å². The summed E-state index contributed by atoms with van der Waals surface area (Å²) in [7, 11) is 0. The Labute approximate surface area is 120 Å². The fourth-order valence-corrected chi connectivity index (χ4v) is 3.01. The normalized spacial score (nSPS) is 27.3. The fourth-order valence-electron chi connectivity index (χ4n) is 3.01. The number of urea groups is 1. The van der Waals surface area contributed by atoms with Crippen LogP contribution in [0.2, 0.25) is 0 Å². The summed E-state index contributed by atoms with van der Waals surface area (Å²) < 4.78 is 0. The Bertz CT molecular complexity index is 353. The summed E-state index contributed by atoms with van der Waals surface area (Å²) in [4.78, 5) is 27.9. The van der Waals surface area contributed by atoms with Gasteiger partial charge in [0.15, 0.2) is 0 Å². The number of nitrogens with one attached hydrogen (secondary N) is 2. The van der Waals surface area contributed by atoms with Gasteiger partial charge in [-0.15, -0.1) is 0 Å². The second-order valence-electron chi connectivity index (χ2n) is 5.72. The second kappa shape index (κ2) is 6.92. The Hall–Kier alpha value is -1.30. The molecule has 2 fully saturated rings. The smallest absolute Gasteiger partial charge is 0.317 e. The Balaban J connectivity index is 1.81. The van der Waals surface area contributed by atoms with Gasteiger partial charge >= 0.3 is 6.03 Å². The van der Waals surface area contributed by atoms with E-state index in [1.54, 1.807) is 4.90 Å². The first-order valence-electron chi connectivity index (χ1n) is 7.66. The molecule has 2 N–H and O–H groups in total. The lowest BCUT2D eigenvalue weighted by molar-refractivity contribution is -0.138. The van der Waals surface area contributed by atoms with Crippen LogP contribution >= 0.6 is 0 Å². The van der Waals surface area contributed by atoms with E-state index >= 15 is 0 Å². The quantitative estimate of drug-likeness (QED) is 0.763. The van der Waals surface area contributed by atoms with E-state index < -0.39 is 0 Å². The average Bonchev–Trinajstić information content (AvgIpc) is 2.47. The summed E-state index contributed by atoms with van der Waals surface area (Å²) in [5.41, 5.74) is 0. The van der Waals surface area contributed by atoms with E-state index in [9.17, 15) is 9.59 Å². The van der Waals surface area contributed by atoms with Gasteiger partial charge in [-0.2, -0.15) is 0 Å². The number of carbonyl (C=O) groups is 2. The van der Waals surface area contributed by atoms with Gasteiger partial charge in [-0.25, -0.2) is 4.79 Å². The van der Waals surface area contributed by atoms with Crippen molar-refractivity contribution in [2.45, 2.75) is 32.7 Å². The van der Waals surface area contributed by atoms with E-state index in [2.05, 4.69) is 17.6 Å². The van der Waals surface area contributed by atoms with Crippen LogP contribution in [-0.4, -0.2) is 67.0 Å². The third-order valence-electron chi connectivity index (χ3n) is 4.18. The molecule has 2 atom stereocenters. The van der Waals surface area contributed by atoms with Gasteiger partial charge in [-0.1, -0.05) is 0 Å². The molecule has 0 bridgehead atoms.